The van der Waals surface area contributed by atoms with Crippen molar-refractivity contribution in [3.63, 3.8) is 0 Å². The average Bonchev–Trinajstić information content (AvgIpc) is 2.76. The molecule has 0 aliphatic rings. The maximum Gasteiger partial charge on any atom is 0.305 e. The number of tetrazole rings is 1. The van der Waals surface area contributed by atoms with Gasteiger partial charge in [-0.1, -0.05) is 34.6 Å². The van der Waals surface area contributed by atoms with Crippen LogP contribution in [0.2, 0.25) is 0 Å². The number of carboxylic acids is 1. The van der Waals surface area contributed by atoms with Gasteiger partial charge in [-0.2, -0.15) is 0 Å². The van der Waals surface area contributed by atoms with Crippen LogP contribution in [0.5, 0.6) is 0 Å². The molecule has 0 amide bonds. The van der Waals surface area contributed by atoms with E-state index in [1.165, 1.54) is 0 Å². The number of nitrogens with zero attached hydrogens (tertiary/aromatic N) is 4. The maximum absolute atomic E-state index is 11.1. The molecule has 6 heteroatoms. The van der Waals surface area contributed by atoms with E-state index < -0.39 is 5.97 Å². The van der Waals surface area contributed by atoms with Crippen LogP contribution < -0.4 is 0 Å². The van der Waals surface area contributed by atoms with Crippen LogP contribution in [0, 0.1) is 5.41 Å². The van der Waals surface area contributed by atoms with Crippen LogP contribution in [0.15, 0.2) is 0 Å². The first-order chi connectivity index (χ1) is 9.28. The molecular formula is C14H26N4O2. The highest BCUT2D eigenvalue weighted by Crippen LogP contribution is 2.32. The lowest BCUT2D eigenvalue weighted by Crippen LogP contribution is -2.24. The van der Waals surface area contributed by atoms with Crippen LogP contribution in [0.4, 0.5) is 0 Å². The second kappa shape index (κ2) is 6.81. The summed E-state index contributed by atoms with van der Waals surface area (Å²) in [6.45, 7) is 10.5. The van der Waals surface area contributed by atoms with Gasteiger partial charge in [0.15, 0.2) is 5.82 Å². The smallest absolute Gasteiger partial charge is 0.305 e. The van der Waals surface area contributed by atoms with Crippen LogP contribution in [-0.4, -0.2) is 31.3 Å². The minimum atomic E-state index is -0.815. The van der Waals surface area contributed by atoms with E-state index in [4.69, 9.17) is 5.11 Å². The van der Waals surface area contributed by atoms with Gasteiger partial charge in [-0.25, -0.2) is 4.68 Å². The third kappa shape index (κ3) is 4.58. The molecular weight excluding hydrogens is 256 g/mol. The molecule has 6 nitrogen and oxygen atoms in total. The summed E-state index contributed by atoms with van der Waals surface area (Å²) < 4.78 is 1.73. The molecule has 0 spiro atoms. The molecule has 0 saturated heterocycles. The molecule has 114 valence electrons. The van der Waals surface area contributed by atoms with E-state index >= 15 is 0 Å². The van der Waals surface area contributed by atoms with E-state index in [1.807, 2.05) is 0 Å². The predicted octanol–water partition coefficient (Wildman–Crippen LogP) is 3.03. The van der Waals surface area contributed by atoms with Crippen molar-refractivity contribution >= 4 is 5.97 Å². The summed E-state index contributed by atoms with van der Waals surface area (Å²) >= 11 is 0. The zero-order chi connectivity index (χ0) is 15.3. The van der Waals surface area contributed by atoms with Gasteiger partial charge in [-0.3, -0.25) is 4.79 Å². The molecule has 0 saturated carbocycles. The van der Waals surface area contributed by atoms with Crippen molar-refractivity contribution < 1.29 is 9.90 Å². The number of hydrogen-bond acceptors (Lipinski definition) is 4. The number of rotatable bonds is 7. The Morgan fingerprint density at radius 3 is 2.35 bits per heavy atom. The molecule has 1 heterocycles. The Morgan fingerprint density at radius 1 is 1.30 bits per heavy atom. The molecule has 1 rings (SSSR count). The molecule has 1 aromatic heterocycles. The van der Waals surface area contributed by atoms with Gasteiger partial charge in [0, 0.05) is 5.92 Å². The van der Waals surface area contributed by atoms with Crippen molar-refractivity contribution in [2.75, 3.05) is 0 Å². The summed E-state index contributed by atoms with van der Waals surface area (Å²) in [6.07, 6.45) is 2.69. The Kier molecular flexibility index (Phi) is 5.65. The quantitative estimate of drug-likeness (QED) is 0.831. The molecule has 0 bridgehead atoms. The van der Waals surface area contributed by atoms with Crippen LogP contribution in [0.25, 0.3) is 0 Å². The molecule has 0 fully saturated rings. The minimum Gasteiger partial charge on any atom is -0.481 e. The number of carbonyl (C=O) groups is 1. The lowest BCUT2D eigenvalue weighted by molar-refractivity contribution is -0.138. The molecule has 0 aromatic carbocycles. The van der Waals surface area contributed by atoms with E-state index in [-0.39, 0.29) is 23.8 Å². The van der Waals surface area contributed by atoms with Gasteiger partial charge in [0.25, 0.3) is 0 Å². The second-order valence-corrected chi connectivity index (χ2v) is 6.51. The fourth-order valence-corrected chi connectivity index (χ4v) is 2.54. The zero-order valence-electron chi connectivity index (χ0n) is 13.1. The first-order valence-corrected chi connectivity index (χ1v) is 7.28. The van der Waals surface area contributed by atoms with E-state index in [1.54, 1.807) is 4.68 Å². The van der Waals surface area contributed by atoms with E-state index in [2.05, 4.69) is 50.1 Å². The Bertz CT molecular complexity index is 433. The maximum atomic E-state index is 11.1. The molecule has 1 N–H and O–H groups in total. The molecule has 0 aliphatic heterocycles. The summed E-state index contributed by atoms with van der Waals surface area (Å²) in [6, 6.07) is -0.196. The third-order valence-corrected chi connectivity index (χ3v) is 3.47. The lowest BCUT2D eigenvalue weighted by atomic mass is 9.86. The summed E-state index contributed by atoms with van der Waals surface area (Å²) in [5.41, 5.74) is 0.0251. The van der Waals surface area contributed by atoms with Gasteiger partial charge in [0.2, 0.25) is 0 Å². The summed E-state index contributed by atoms with van der Waals surface area (Å²) in [5, 5.41) is 21.1. The zero-order valence-corrected chi connectivity index (χ0v) is 13.1. The van der Waals surface area contributed by atoms with Crippen molar-refractivity contribution in [2.45, 2.75) is 72.3 Å². The highest BCUT2D eigenvalue weighted by Gasteiger charge is 2.27. The van der Waals surface area contributed by atoms with Gasteiger partial charge in [0.1, 0.15) is 0 Å². The second-order valence-electron chi connectivity index (χ2n) is 6.51. The standard InChI is InChI=1S/C14H26N4O2/c1-6-10(7-2)13-15-16-17-18(13)11(8-12(19)20)9-14(3,4)5/h10-11H,6-9H2,1-5H3,(H,19,20). The topological polar surface area (TPSA) is 80.9 Å². The Balaban J connectivity index is 3.07. The van der Waals surface area contributed by atoms with E-state index in [9.17, 15) is 4.79 Å². The first kappa shape index (κ1) is 16.6. The number of aromatic nitrogens is 4. The van der Waals surface area contributed by atoms with Crippen molar-refractivity contribution in [3.05, 3.63) is 5.82 Å². The third-order valence-electron chi connectivity index (χ3n) is 3.47. The van der Waals surface area contributed by atoms with E-state index in [0.29, 0.717) is 0 Å². The van der Waals surface area contributed by atoms with Crippen LogP contribution in [0.3, 0.4) is 0 Å². The van der Waals surface area contributed by atoms with Crippen LogP contribution in [-0.2, 0) is 4.79 Å². The van der Waals surface area contributed by atoms with Crippen LogP contribution in [0.1, 0.15) is 78.1 Å². The first-order valence-electron chi connectivity index (χ1n) is 7.28. The Labute approximate surface area is 120 Å². The Hall–Kier alpha value is -1.46. The molecule has 20 heavy (non-hydrogen) atoms. The number of aliphatic carboxylic acids is 1. The van der Waals surface area contributed by atoms with Crippen molar-refractivity contribution in [1.82, 2.24) is 20.2 Å². The highest BCUT2D eigenvalue weighted by molar-refractivity contribution is 5.67. The highest BCUT2D eigenvalue weighted by atomic mass is 16.4. The molecule has 0 radical (unpaired) electrons. The summed E-state index contributed by atoms with van der Waals surface area (Å²) in [7, 11) is 0. The van der Waals surface area contributed by atoms with Gasteiger partial charge < -0.3 is 5.11 Å². The normalized spacial score (nSPS) is 13.7. The fourth-order valence-electron chi connectivity index (χ4n) is 2.54. The summed E-state index contributed by atoms with van der Waals surface area (Å²) in [5.74, 6) is 0.275. The minimum absolute atomic E-state index is 0.0251. The Morgan fingerprint density at radius 2 is 1.90 bits per heavy atom. The fraction of sp³-hybridized carbons (Fsp3) is 0.857. The molecule has 1 aromatic rings. The summed E-state index contributed by atoms with van der Waals surface area (Å²) in [4.78, 5) is 11.1. The molecule has 0 aliphatic carbocycles. The monoisotopic (exact) mass is 282 g/mol. The SMILES string of the molecule is CCC(CC)c1nnnn1C(CC(=O)O)CC(C)(C)C. The largest absolute Gasteiger partial charge is 0.481 e. The van der Waals surface area contributed by atoms with E-state index in [0.717, 1.165) is 25.1 Å². The predicted molar refractivity (Wildman–Crippen MR) is 76.5 cm³/mol. The molecule has 1 atom stereocenters. The van der Waals surface area contributed by atoms with Gasteiger partial charge in [0.05, 0.1) is 12.5 Å². The number of carboxylic acid groups (broad SMARTS) is 1. The molecule has 1 unspecified atom stereocenters. The van der Waals surface area contributed by atoms with Crippen LogP contribution >= 0.6 is 0 Å². The van der Waals surface area contributed by atoms with Gasteiger partial charge in [-0.15, -0.1) is 5.10 Å². The van der Waals surface area contributed by atoms with Gasteiger partial charge >= 0.3 is 5.97 Å². The number of hydrogen-bond donors (Lipinski definition) is 1. The van der Waals surface area contributed by atoms with Gasteiger partial charge in [-0.05, 0) is 35.1 Å². The van der Waals surface area contributed by atoms with Crippen molar-refractivity contribution in [2.24, 2.45) is 5.41 Å². The lowest BCUT2D eigenvalue weighted by Gasteiger charge is -2.26. The van der Waals surface area contributed by atoms with Crippen molar-refractivity contribution in [1.29, 1.82) is 0 Å². The average molecular weight is 282 g/mol. The van der Waals surface area contributed by atoms with Crippen molar-refractivity contribution in [3.8, 4) is 0 Å².